The van der Waals surface area contributed by atoms with Crippen molar-refractivity contribution in [1.82, 2.24) is 24.1 Å². The summed E-state index contributed by atoms with van der Waals surface area (Å²) in [6.07, 6.45) is 0.210. The molecule has 1 N–H and O–H groups in total. The van der Waals surface area contributed by atoms with Gasteiger partial charge in [-0.25, -0.2) is 9.97 Å². The van der Waals surface area contributed by atoms with Crippen LogP contribution in [0.15, 0.2) is 200 Å². The van der Waals surface area contributed by atoms with Gasteiger partial charge in [-0.1, -0.05) is 174 Å². The largest absolute Gasteiger partial charge is 0.354 e. The third-order valence-electron chi connectivity index (χ3n) is 13.8. The van der Waals surface area contributed by atoms with E-state index in [1.807, 2.05) is 54.7 Å². The van der Waals surface area contributed by atoms with E-state index in [1.165, 1.54) is 22.1 Å². The van der Waals surface area contributed by atoms with Crippen molar-refractivity contribution in [2.45, 2.75) is 51.8 Å². The number of hydrogen-bond donors (Lipinski definition) is 1. The lowest BCUT2D eigenvalue weighted by Gasteiger charge is -2.26. The molecule has 0 fully saturated rings. The number of fused-ring (bicyclic) bond motifs is 7. The summed E-state index contributed by atoms with van der Waals surface area (Å²) in [6.45, 7) is 11.3. The number of aromatic nitrogens is 5. The fourth-order valence-corrected chi connectivity index (χ4v) is 10.1. The van der Waals surface area contributed by atoms with Gasteiger partial charge >= 0.3 is 0 Å². The third-order valence-corrected chi connectivity index (χ3v) is 13.8. The number of rotatable bonds is 8. The Balaban J connectivity index is 1.11. The SMILES string of the molecule is [2H]C([2H])(c1ccccc1)c1cccc(-n2c(-c3cccc4c3[nH]c3ccccc34)nc3c(-c4ccc5c6ccc(C(C)(C)c7ccccc7)cc6n(-c6cc(C(C)(C)C)ccn6)c5c4)cccc32)c1. The average Bonchev–Trinajstić information content (AvgIpc) is 4.06. The van der Waals surface area contributed by atoms with Crippen LogP contribution in [0.5, 0.6) is 0 Å². The minimum Gasteiger partial charge on any atom is -0.354 e. The zero-order valence-corrected chi connectivity index (χ0v) is 38.3. The van der Waals surface area contributed by atoms with E-state index in [2.05, 4.69) is 194 Å². The molecule has 0 unspecified atom stereocenters. The van der Waals surface area contributed by atoms with E-state index in [0.717, 1.165) is 83.3 Å². The molecule has 12 rings (SSSR count). The van der Waals surface area contributed by atoms with Gasteiger partial charge in [0, 0.05) is 58.2 Å². The molecular formula is C62H51N5. The van der Waals surface area contributed by atoms with Crippen LogP contribution in [0.1, 0.15) is 65.2 Å². The fraction of sp³-hybridized carbons (Fsp3) is 0.129. The number of aromatic amines is 1. The molecule has 67 heavy (non-hydrogen) atoms. The van der Waals surface area contributed by atoms with Crippen molar-refractivity contribution in [3.8, 4) is 34.0 Å². The fourth-order valence-electron chi connectivity index (χ4n) is 10.1. The van der Waals surface area contributed by atoms with Gasteiger partial charge in [0.25, 0.3) is 0 Å². The van der Waals surface area contributed by atoms with Gasteiger partial charge in [0.2, 0.25) is 0 Å². The highest BCUT2D eigenvalue weighted by molar-refractivity contribution is 6.13. The van der Waals surface area contributed by atoms with E-state index in [9.17, 15) is 2.74 Å². The molecular weight excluding hydrogens is 815 g/mol. The molecule has 5 heteroatoms. The van der Waals surface area contributed by atoms with Crippen LogP contribution in [-0.4, -0.2) is 24.1 Å². The van der Waals surface area contributed by atoms with Gasteiger partial charge < -0.3 is 4.98 Å². The number of nitrogens with zero attached hydrogens (tertiary/aromatic N) is 4. The number of benzene rings is 8. The van der Waals surface area contributed by atoms with E-state index >= 15 is 0 Å². The predicted molar refractivity (Wildman–Crippen MR) is 280 cm³/mol. The quantitative estimate of drug-likeness (QED) is 0.165. The predicted octanol–water partition coefficient (Wildman–Crippen LogP) is 15.7. The molecule has 0 saturated carbocycles. The van der Waals surface area contributed by atoms with Gasteiger partial charge in [-0.15, -0.1) is 0 Å². The smallest absolute Gasteiger partial charge is 0.147 e. The van der Waals surface area contributed by atoms with Gasteiger partial charge in [-0.3, -0.25) is 9.13 Å². The van der Waals surface area contributed by atoms with Crippen LogP contribution in [0, 0.1) is 0 Å². The molecule has 4 aromatic heterocycles. The van der Waals surface area contributed by atoms with Crippen molar-refractivity contribution in [3.63, 3.8) is 0 Å². The highest BCUT2D eigenvalue weighted by Crippen LogP contribution is 2.42. The van der Waals surface area contributed by atoms with E-state index in [0.29, 0.717) is 11.1 Å². The Morgan fingerprint density at radius 1 is 0.507 bits per heavy atom. The first-order valence-electron chi connectivity index (χ1n) is 24.2. The highest BCUT2D eigenvalue weighted by atomic mass is 15.1. The molecule has 0 saturated heterocycles. The van der Waals surface area contributed by atoms with Crippen LogP contribution < -0.4 is 0 Å². The van der Waals surface area contributed by atoms with Crippen molar-refractivity contribution in [1.29, 1.82) is 0 Å². The summed E-state index contributed by atoms with van der Waals surface area (Å²) in [6, 6.07) is 67.4. The van der Waals surface area contributed by atoms with Gasteiger partial charge in [-0.2, -0.15) is 0 Å². The maximum Gasteiger partial charge on any atom is 0.147 e. The summed E-state index contributed by atoms with van der Waals surface area (Å²) in [5.74, 6) is 1.64. The highest BCUT2D eigenvalue weighted by Gasteiger charge is 2.26. The topological polar surface area (TPSA) is 51.4 Å². The molecule has 324 valence electrons. The van der Waals surface area contributed by atoms with Crippen LogP contribution >= 0.6 is 0 Å². The summed E-state index contributed by atoms with van der Waals surface area (Å²) < 4.78 is 23.3. The first kappa shape index (κ1) is 38.3. The first-order chi connectivity index (χ1) is 33.4. The second kappa shape index (κ2) is 15.6. The van der Waals surface area contributed by atoms with Crippen LogP contribution in [0.25, 0.3) is 88.7 Å². The third kappa shape index (κ3) is 6.84. The van der Waals surface area contributed by atoms with Crippen LogP contribution in [0.4, 0.5) is 0 Å². The van der Waals surface area contributed by atoms with Crippen LogP contribution in [-0.2, 0) is 17.2 Å². The number of para-hydroxylation sites is 3. The molecule has 12 aromatic rings. The Bertz CT molecular complexity index is 3940. The molecule has 0 aliphatic carbocycles. The number of nitrogens with one attached hydrogen (secondary N) is 1. The molecule has 0 spiro atoms. The molecule has 0 aliphatic heterocycles. The van der Waals surface area contributed by atoms with E-state index in [1.54, 1.807) is 0 Å². The van der Waals surface area contributed by atoms with Crippen molar-refractivity contribution >= 4 is 54.6 Å². The molecule has 0 radical (unpaired) electrons. The Morgan fingerprint density at radius 3 is 2.01 bits per heavy atom. The zero-order valence-electron chi connectivity index (χ0n) is 40.3. The Kier molecular flexibility index (Phi) is 8.89. The lowest BCUT2D eigenvalue weighted by molar-refractivity contribution is 0.588. The van der Waals surface area contributed by atoms with Crippen molar-refractivity contribution in [3.05, 3.63) is 228 Å². The Labute approximate surface area is 393 Å². The van der Waals surface area contributed by atoms with Gasteiger partial charge in [-0.05, 0) is 99.8 Å². The second-order valence-electron chi connectivity index (χ2n) is 19.3. The van der Waals surface area contributed by atoms with E-state index in [-0.39, 0.29) is 10.8 Å². The molecule has 0 bridgehead atoms. The van der Waals surface area contributed by atoms with E-state index < -0.39 is 6.37 Å². The average molecular weight is 868 g/mol. The lowest BCUT2D eigenvalue weighted by Crippen LogP contribution is -2.18. The molecule has 0 amide bonds. The van der Waals surface area contributed by atoms with Crippen molar-refractivity contribution in [2.75, 3.05) is 0 Å². The number of hydrogen-bond acceptors (Lipinski definition) is 2. The minimum absolute atomic E-state index is 0.0741. The van der Waals surface area contributed by atoms with Crippen molar-refractivity contribution in [2.24, 2.45) is 0 Å². The summed E-state index contributed by atoms with van der Waals surface area (Å²) >= 11 is 0. The molecule has 5 nitrogen and oxygen atoms in total. The maximum atomic E-state index is 9.37. The van der Waals surface area contributed by atoms with Crippen LogP contribution in [0.2, 0.25) is 0 Å². The van der Waals surface area contributed by atoms with Crippen LogP contribution in [0.3, 0.4) is 0 Å². The van der Waals surface area contributed by atoms with E-state index in [4.69, 9.17) is 9.97 Å². The minimum atomic E-state index is -1.73. The number of imidazole rings is 1. The summed E-state index contributed by atoms with van der Waals surface area (Å²) in [4.78, 5) is 14.5. The van der Waals surface area contributed by atoms with Crippen molar-refractivity contribution < 1.29 is 2.74 Å². The molecule has 4 heterocycles. The lowest BCUT2D eigenvalue weighted by atomic mass is 9.78. The molecule has 0 aliphatic rings. The summed E-state index contributed by atoms with van der Waals surface area (Å²) in [5, 5.41) is 4.58. The van der Waals surface area contributed by atoms with Gasteiger partial charge in [0.15, 0.2) is 0 Å². The Morgan fingerprint density at radius 2 is 1.19 bits per heavy atom. The number of pyridine rings is 1. The second-order valence-corrected chi connectivity index (χ2v) is 19.3. The molecule has 8 aromatic carbocycles. The number of H-pyrrole nitrogens is 1. The monoisotopic (exact) mass is 867 g/mol. The summed E-state index contributed by atoms with van der Waals surface area (Å²) in [7, 11) is 0. The normalized spacial score (nSPS) is 13.0. The Hall–Kier alpha value is -8.02. The molecule has 0 atom stereocenters. The standard InChI is InChI=1S/C62H51N5/c1-61(2,3)44-33-34-63-57(39-44)67-55-37-42(29-31-49(55)50-32-30-45(38-56(50)67)62(4,5)43-20-10-7-11-21-43)47-24-16-28-54-59(47)65-60(52-26-15-25-51-48-23-12-13-27-53(48)64-58(51)52)66(54)46-22-14-19-41(36-46)35-40-17-8-6-9-18-40/h6-34,36-39,64H,35H2,1-5H3/i35D2. The maximum absolute atomic E-state index is 9.37. The van der Waals surface area contributed by atoms with Gasteiger partial charge in [0.1, 0.15) is 11.6 Å². The zero-order chi connectivity index (χ0) is 47.2. The summed E-state index contributed by atoms with van der Waals surface area (Å²) in [5.41, 5.74) is 14.4. The van der Waals surface area contributed by atoms with Gasteiger partial charge in [0.05, 0.1) is 27.6 Å². The first-order valence-corrected chi connectivity index (χ1v) is 23.2.